The Morgan fingerprint density at radius 2 is 2.08 bits per heavy atom. The number of aromatic nitrogens is 2. The van der Waals surface area contributed by atoms with Crippen LogP contribution in [0.25, 0.3) is 0 Å². The summed E-state index contributed by atoms with van der Waals surface area (Å²) in [4.78, 5) is 27.9. The fourth-order valence-electron chi connectivity index (χ4n) is 2.97. The van der Waals surface area contributed by atoms with Gasteiger partial charge >= 0.3 is 0 Å². The molecule has 0 saturated carbocycles. The van der Waals surface area contributed by atoms with Gasteiger partial charge in [-0.05, 0) is 11.6 Å². The van der Waals surface area contributed by atoms with Gasteiger partial charge in [-0.1, -0.05) is 30.3 Å². The predicted octanol–water partition coefficient (Wildman–Crippen LogP) is 1.36. The van der Waals surface area contributed by atoms with Gasteiger partial charge in [0.15, 0.2) is 0 Å². The highest BCUT2D eigenvalue weighted by atomic mass is 16.2. The molecule has 0 bridgehead atoms. The lowest BCUT2D eigenvalue weighted by atomic mass is 9.99. The van der Waals surface area contributed by atoms with Gasteiger partial charge in [-0.25, -0.2) is 0 Å². The van der Waals surface area contributed by atoms with Gasteiger partial charge in [0.1, 0.15) is 0 Å². The number of hydrogen-bond acceptors (Lipinski definition) is 3. The third-order valence-corrected chi connectivity index (χ3v) is 4.46. The topological polar surface area (TPSA) is 58.4 Å². The van der Waals surface area contributed by atoms with E-state index in [1.165, 1.54) is 0 Å². The number of rotatable bonds is 6. The molecule has 0 N–H and O–H groups in total. The number of nitrogens with zero attached hydrogens (tertiary/aromatic N) is 4. The lowest BCUT2D eigenvalue weighted by Gasteiger charge is -2.22. The van der Waals surface area contributed by atoms with E-state index in [4.69, 9.17) is 0 Å². The maximum Gasteiger partial charge on any atom is 0.241 e. The van der Waals surface area contributed by atoms with Crippen LogP contribution in [-0.2, 0) is 16.1 Å². The molecule has 0 spiro atoms. The minimum absolute atomic E-state index is 0.0378. The Morgan fingerprint density at radius 1 is 1.29 bits per heavy atom. The number of carbonyl (C=O) groups is 2. The fraction of sp³-hybridized carbons (Fsp3) is 0.389. The number of benzene rings is 1. The van der Waals surface area contributed by atoms with Crippen LogP contribution in [-0.4, -0.2) is 58.1 Å². The van der Waals surface area contributed by atoms with E-state index in [1.54, 1.807) is 27.7 Å². The van der Waals surface area contributed by atoms with E-state index in [-0.39, 0.29) is 24.3 Å². The highest BCUT2D eigenvalue weighted by Gasteiger charge is 2.32. The molecular weight excluding hydrogens is 304 g/mol. The van der Waals surface area contributed by atoms with E-state index in [1.807, 2.05) is 42.6 Å². The van der Waals surface area contributed by atoms with Crippen molar-refractivity contribution in [1.29, 1.82) is 0 Å². The zero-order valence-corrected chi connectivity index (χ0v) is 13.8. The zero-order chi connectivity index (χ0) is 16.9. The van der Waals surface area contributed by atoms with Crippen LogP contribution in [0.5, 0.6) is 0 Å². The average Bonchev–Trinajstić information content (AvgIpc) is 3.24. The van der Waals surface area contributed by atoms with Crippen molar-refractivity contribution in [2.45, 2.75) is 18.9 Å². The van der Waals surface area contributed by atoms with Gasteiger partial charge in [-0.15, -0.1) is 0 Å². The quantitative estimate of drug-likeness (QED) is 0.805. The van der Waals surface area contributed by atoms with Gasteiger partial charge in [0, 0.05) is 44.9 Å². The van der Waals surface area contributed by atoms with Crippen LogP contribution in [0, 0.1) is 0 Å². The van der Waals surface area contributed by atoms with Crippen LogP contribution < -0.4 is 0 Å². The lowest BCUT2D eigenvalue weighted by molar-refractivity contribution is -0.137. The summed E-state index contributed by atoms with van der Waals surface area (Å²) in [5.41, 5.74) is 1.16. The molecule has 2 amide bonds. The van der Waals surface area contributed by atoms with Crippen LogP contribution in [0.2, 0.25) is 0 Å². The maximum atomic E-state index is 12.3. The predicted molar refractivity (Wildman–Crippen MR) is 90.2 cm³/mol. The Balaban J connectivity index is 1.51. The fourth-order valence-corrected chi connectivity index (χ4v) is 2.97. The summed E-state index contributed by atoms with van der Waals surface area (Å²) in [6, 6.07) is 11.9. The van der Waals surface area contributed by atoms with Gasteiger partial charge in [-0.3, -0.25) is 14.3 Å². The molecule has 3 rings (SSSR count). The molecule has 1 saturated heterocycles. The summed E-state index contributed by atoms with van der Waals surface area (Å²) in [7, 11) is 1.76. The average molecular weight is 326 g/mol. The molecule has 1 atom stereocenters. The smallest absolute Gasteiger partial charge is 0.241 e. The highest BCUT2D eigenvalue weighted by Crippen LogP contribution is 2.27. The molecule has 2 aromatic rings. The second kappa shape index (κ2) is 7.29. The van der Waals surface area contributed by atoms with Crippen LogP contribution >= 0.6 is 0 Å². The first-order valence-electron chi connectivity index (χ1n) is 8.17. The minimum atomic E-state index is -0.0378. The molecule has 24 heavy (non-hydrogen) atoms. The standard InChI is InChI=1S/C18H22N4O2/c1-20(10-11-22-9-5-8-19-22)18(24)14-21-13-16(12-17(21)23)15-6-3-2-4-7-15/h2-9,16H,10-14H2,1H3. The molecule has 1 fully saturated rings. The number of hydrogen-bond donors (Lipinski definition) is 0. The van der Waals surface area contributed by atoms with E-state index in [0.29, 0.717) is 26.1 Å². The normalized spacial score (nSPS) is 17.3. The van der Waals surface area contributed by atoms with Gasteiger partial charge in [0.2, 0.25) is 11.8 Å². The summed E-state index contributed by atoms with van der Waals surface area (Å²) in [5.74, 6) is 0.197. The van der Waals surface area contributed by atoms with Crippen molar-refractivity contribution in [2.75, 3.05) is 26.7 Å². The largest absolute Gasteiger partial charge is 0.342 e. The Hall–Kier alpha value is -2.63. The number of likely N-dealkylation sites (tertiary alicyclic amines) is 1. The van der Waals surface area contributed by atoms with Crippen LogP contribution in [0.4, 0.5) is 0 Å². The number of carbonyl (C=O) groups excluding carboxylic acids is 2. The molecule has 1 aliphatic heterocycles. The highest BCUT2D eigenvalue weighted by molar-refractivity contribution is 5.86. The molecule has 0 radical (unpaired) electrons. The first-order chi connectivity index (χ1) is 11.6. The van der Waals surface area contributed by atoms with Gasteiger partial charge in [0.25, 0.3) is 0 Å². The Kier molecular flexibility index (Phi) is 4.93. The SMILES string of the molecule is CN(CCn1cccn1)C(=O)CN1CC(c2ccccc2)CC1=O. The molecule has 6 nitrogen and oxygen atoms in total. The van der Waals surface area contributed by atoms with E-state index < -0.39 is 0 Å². The van der Waals surface area contributed by atoms with E-state index >= 15 is 0 Å². The van der Waals surface area contributed by atoms with E-state index in [9.17, 15) is 9.59 Å². The third kappa shape index (κ3) is 3.82. The lowest BCUT2D eigenvalue weighted by Crippen LogP contribution is -2.40. The van der Waals surface area contributed by atoms with Gasteiger partial charge in [-0.2, -0.15) is 5.10 Å². The molecule has 1 unspecified atom stereocenters. The van der Waals surface area contributed by atoms with Crippen molar-refractivity contribution in [3.05, 3.63) is 54.4 Å². The van der Waals surface area contributed by atoms with Crippen molar-refractivity contribution in [2.24, 2.45) is 0 Å². The molecule has 6 heteroatoms. The van der Waals surface area contributed by atoms with Gasteiger partial charge < -0.3 is 9.80 Å². The van der Waals surface area contributed by atoms with Crippen molar-refractivity contribution < 1.29 is 9.59 Å². The monoisotopic (exact) mass is 326 g/mol. The second-order valence-electron chi connectivity index (χ2n) is 6.17. The van der Waals surface area contributed by atoms with Crippen molar-refractivity contribution in [3.8, 4) is 0 Å². The molecular formula is C18H22N4O2. The Morgan fingerprint density at radius 3 is 2.79 bits per heavy atom. The summed E-state index contributed by atoms with van der Waals surface area (Å²) in [6.45, 7) is 1.99. The second-order valence-corrected chi connectivity index (χ2v) is 6.17. The van der Waals surface area contributed by atoms with Crippen molar-refractivity contribution in [3.63, 3.8) is 0 Å². The van der Waals surface area contributed by atoms with Crippen LogP contribution in [0.15, 0.2) is 48.8 Å². The first kappa shape index (κ1) is 16.2. The van der Waals surface area contributed by atoms with Crippen LogP contribution in [0.1, 0.15) is 17.9 Å². The number of likely N-dealkylation sites (N-methyl/N-ethyl adjacent to an activating group) is 1. The summed E-state index contributed by atoms with van der Waals surface area (Å²) in [5, 5.41) is 4.12. The molecule has 1 aromatic heterocycles. The maximum absolute atomic E-state index is 12.3. The van der Waals surface area contributed by atoms with Crippen molar-refractivity contribution in [1.82, 2.24) is 19.6 Å². The Bertz CT molecular complexity index is 684. The molecule has 1 aliphatic rings. The van der Waals surface area contributed by atoms with Crippen molar-refractivity contribution >= 4 is 11.8 Å². The molecule has 2 heterocycles. The molecule has 0 aliphatic carbocycles. The summed E-state index contributed by atoms with van der Waals surface area (Å²) in [6.07, 6.45) is 4.06. The molecule has 126 valence electrons. The van der Waals surface area contributed by atoms with Gasteiger partial charge in [0.05, 0.1) is 13.1 Å². The molecule has 1 aromatic carbocycles. The first-order valence-corrected chi connectivity index (χ1v) is 8.17. The van der Waals surface area contributed by atoms with Crippen LogP contribution in [0.3, 0.4) is 0 Å². The van der Waals surface area contributed by atoms with E-state index in [0.717, 1.165) is 5.56 Å². The van der Waals surface area contributed by atoms with E-state index in [2.05, 4.69) is 5.10 Å². The summed E-state index contributed by atoms with van der Waals surface area (Å²) >= 11 is 0. The Labute approximate surface area is 141 Å². The minimum Gasteiger partial charge on any atom is -0.342 e. The zero-order valence-electron chi connectivity index (χ0n) is 13.8. The third-order valence-electron chi connectivity index (χ3n) is 4.46. The number of amides is 2. The summed E-state index contributed by atoms with van der Waals surface area (Å²) < 4.78 is 1.79.